The molecule has 114 valence electrons. The Hall–Kier alpha value is -2.50. The molecule has 0 unspecified atom stereocenters. The van der Waals surface area contributed by atoms with Gasteiger partial charge in [-0.05, 0) is 30.9 Å². The van der Waals surface area contributed by atoms with E-state index in [-0.39, 0.29) is 23.1 Å². The van der Waals surface area contributed by atoms with E-state index < -0.39 is 11.0 Å². The van der Waals surface area contributed by atoms with Gasteiger partial charge in [0.05, 0.1) is 11.0 Å². The lowest BCUT2D eigenvalue weighted by atomic mass is 10.1. The van der Waals surface area contributed by atoms with Crippen molar-refractivity contribution in [2.45, 2.75) is 25.5 Å². The average Bonchev–Trinajstić information content (AvgIpc) is 3.00. The first-order valence-electron chi connectivity index (χ1n) is 6.54. The molecule has 0 saturated heterocycles. The van der Waals surface area contributed by atoms with E-state index in [0.717, 1.165) is 4.88 Å². The van der Waals surface area contributed by atoms with E-state index in [9.17, 15) is 15.2 Å². The molecule has 2 N–H and O–H groups in total. The van der Waals surface area contributed by atoms with Crippen molar-refractivity contribution < 1.29 is 10.0 Å². The van der Waals surface area contributed by atoms with E-state index in [2.05, 4.69) is 10.3 Å². The number of hydrogen-bond donors (Lipinski definition) is 2. The van der Waals surface area contributed by atoms with Gasteiger partial charge in [0.1, 0.15) is 11.6 Å². The molecule has 2 aromatic rings. The van der Waals surface area contributed by atoms with Crippen molar-refractivity contribution in [2.24, 2.45) is 0 Å². The molecule has 8 heteroatoms. The average molecular weight is 318 g/mol. The predicted octanol–water partition coefficient (Wildman–Crippen LogP) is 2.85. The second-order valence-electron chi connectivity index (χ2n) is 4.74. The van der Waals surface area contributed by atoms with E-state index in [1.807, 2.05) is 17.5 Å². The molecule has 0 amide bonds. The van der Waals surface area contributed by atoms with E-state index in [4.69, 9.17) is 5.26 Å². The Morgan fingerprint density at radius 1 is 1.59 bits per heavy atom. The summed E-state index contributed by atoms with van der Waals surface area (Å²) in [5.74, 6) is 0.0370. The van der Waals surface area contributed by atoms with Crippen LogP contribution in [-0.4, -0.2) is 21.1 Å². The molecule has 2 heterocycles. The van der Waals surface area contributed by atoms with Crippen LogP contribution in [0.3, 0.4) is 0 Å². The number of aliphatic hydroxyl groups excluding tert-OH is 1. The molecule has 2 atom stereocenters. The number of nitrogens with one attached hydrogen (secondary N) is 1. The number of aromatic nitrogens is 1. The number of aliphatic hydroxyl groups is 1. The maximum atomic E-state index is 11.1. The number of hydrogen-bond acceptors (Lipinski definition) is 7. The number of pyridine rings is 1. The van der Waals surface area contributed by atoms with Gasteiger partial charge < -0.3 is 10.4 Å². The SMILES string of the molecule is C[C@@H](C[C@@H](O)c1cccs1)Nc1nccc(C#N)c1[N+](=O)[O-]. The van der Waals surface area contributed by atoms with Crippen LogP contribution < -0.4 is 5.32 Å². The van der Waals surface area contributed by atoms with Crippen LogP contribution in [0.2, 0.25) is 0 Å². The van der Waals surface area contributed by atoms with Crippen LogP contribution >= 0.6 is 11.3 Å². The second-order valence-corrected chi connectivity index (χ2v) is 5.72. The number of nitriles is 1. The quantitative estimate of drug-likeness (QED) is 0.625. The van der Waals surface area contributed by atoms with Crippen molar-refractivity contribution in [1.82, 2.24) is 4.98 Å². The van der Waals surface area contributed by atoms with Gasteiger partial charge in [0.15, 0.2) is 0 Å². The molecular formula is C14H14N4O3S. The van der Waals surface area contributed by atoms with Gasteiger partial charge in [-0.3, -0.25) is 10.1 Å². The van der Waals surface area contributed by atoms with Gasteiger partial charge in [0.2, 0.25) is 5.82 Å². The fourth-order valence-electron chi connectivity index (χ4n) is 2.06. The molecule has 0 radical (unpaired) electrons. The molecule has 0 aliphatic heterocycles. The highest BCUT2D eigenvalue weighted by Gasteiger charge is 2.23. The molecular weight excluding hydrogens is 304 g/mol. The van der Waals surface area contributed by atoms with Gasteiger partial charge in [-0.15, -0.1) is 11.3 Å². The Morgan fingerprint density at radius 3 is 2.95 bits per heavy atom. The molecule has 0 bridgehead atoms. The molecule has 0 aliphatic rings. The normalized spacial score (nSPS) is 13.1. The predicted molar refractivity (Wildman–Crippen MR) is 82.6 cm³/mol. The van der Waals surface area contributed by atoms with Crippen molar-refractivity contribution in [3.05, 3.63) is 50.3 Å². The lowest BCUT2D eigenvalue weighted by Crippen LogP contribution is -2.20. The molecule has 0 spiro atoms. The topological polar surface area (TPSA) is 112 Å². The Labute approximate surface area is 131 Å². The third-order valence-electron chi connectivity index (χ3n) is 3.06. The third kappa shape index (κ3) is 3.58. The minimum atomic E-state index is -0.652. The molecule has 2 rings (SSSR count). The highest BCUT2D eigenvalue weighted by atomic mass is 32.1. The van der Waals surface area contributed by atoms with E-state index in [0.29, 0.717) is 6.42 Å². The van der Waals surface area contributed by atoms with Gasteiger partial charge in [-0.2, -0.15) is 5.26 Å². The minimum Gasteiger partial charge on any atom is -0.387 e. The Kier molecular flexibility index (Phi) is 5.04. The molecule has 0 saturated carbocycles. The van der Waals surface area contributed by atoms with Crippen LogP contribution in [0.4, 0.5) is 11.5 Å². The summed E-state index contributed by atoms with van der Waals surface area (Å²) in [6.07, 6.45) is 1.06. The summed E-state index contributed by atoms with van der Waals surface area (Å²) in [5.41, 5.74) is -0.393. The van der Waals surface area contributed by atoms with Crippen molar-refractivity contribution in [1.29, 1.82) is 5.26 Å². The number of rotatable bonds is 6. The first-order valence-corrected chi connectivity index (χ1v) is 7.42. The van der Waals surface area contributed by atoms with Gasteiger partial charge in [-0.25, -0.2) is 4.98 Å². The number of nitrogens with zero attached hydrogens (tertiary/aromatic N) is 3. The van der Waals surface area contributed by atoms with Crippen molar-refractivity contribution in [3.8, 4) is 6.07 Å². The third-order valence-corrected chi connectivity index (χ3v) is 4.03. The van der Waals surface area contributed by atoms with Gasteiger partial charge in [-0.1, -0.05) is 6.07 Å². The zero-order valence-corrected chi connectivity index (χ0v) is 12.6. The molecule has 7 nitrogen and oxygen atoms in total. The molecule has 0 fully saturated rings. The van der Waals surface area contributed by atoms with E-state index in [1.54, 1.807) is 13.0 Å². The fourth-order valence-corrected chi connectivity index (χ4v) is 2.78. The standard InChI is InChI=1S/C14H14N4O3S/c1-9(7-11(19)12-3-2-6-22-12)17-14-13(18(20)21)10(8-15)4-5-16-14/h2-6,9,11,19H,7H2,1H3,(H,16,17)/t9-,11+/m0/s1. The largest absolute Gasteiger partial charge is 0.387 e. The van der Waals surface area contributed by atoms with Crippen molar-refractivity contribution in [2.75, 3.05) is 5.32 Å². The molecule has 0 aromatic carbocycles. The van der Waals surface area contributed by atoms with Gasteiger partial charge in [0.25, 0.3) is 0 Å². The smallest absolute Gasteiger partial charge is 0.328 e. The first kappa shape index (κ1) is 15.9. The summed E-state index contributed by atoms with van der Waals surface area (Å²) >= 11 is 1.45. The minimum absolute atomic E-state index is 0.0370. The van der Waals surface area contributed by atoms with E-state index in [1.165, 1.54) is 23.6 Å². The monoisotopic (exact) mass is 318 g/mol. The maximum Gasteiger partial charge on any atom is 0.328 e. The van der Waals surface area contributed by atoms with Crippen LogP contribution in [-0.2, 0) is 0 Å². The van der Waals surface area contributed by atoms with Crippen LogP contribution in [0.15, 0.2) is 29.8 Å². The Morgan fingerprint density at radius 2 is 2.36 bits per heavy atom. The van der Waals surface area contributed by atoms with Crippen molar-refractivity contribution >= 4 is 22.8 Å². The maximum absolute atomic E-state index is 11.1. The summed E-state index contributed by atoms with van der Waals surface area (Å²) in [4.78, 5) is 15.3. The zero-order chi connectivity index (χ0) is 16.1. The Bertz CT molecular complexity index is 697. The zero-order valence-electron chi connectivity index (χ0n) is 11.8. The van der Waals surface area contributed by atoms with Gasteiger partial charge in [0, 0.05) is 17.1 Å². The van der Waals surface area contributed by atoms with Crippen LogP contribution in [0, 0.1) is 21.4 Å². The summed E-state index contributed by atoms with van der Waals surface area (Å²) in [7, 11) is 0. The van der Waals surface area contributed by atoms with Crippen LogP contribution in [0.25, 0.3) is 0 Å². The van der Waals surface area contributed by atoms with E-state index >= 15 is 0 Å². The summed E-state index contributed by atoms with van der Waals surface area (Å²) < 4.78 is 0. The first-order chi connectivity index (χ1) is 10.5. The lowest BCUT2D eigenvalue weighted by molar-refractivity contribution is -0.384. The molecule has 0 aliphatic carbocycles. The fraction of sp³-hybridized carbons (Fsp3) is 0.286. The van der Waals surface area contributed by atoms with Crippen molar-refractivity contribution in [3.63, 3.8) is 0 Å². The number of nitro groups is 1. The summed E-state index contributed by atoms with van der Waals surface area (Å²) in [5, 5.41) is 34.9. The van der Waals surface area contributed by atoms with Crippen LogP contribution in [0.1, 0.15) is 29.9 Å². The molecule has 2 aromatic heterocycles. The lowest BCUT2D eigenvalue weighted by Gasteiger charge is -2.17. The van der Waals surface area contributed by atoms with Gasteiger partial charge >= 0.3 is 5.69 Å². The number of thiophene rings is 1. The number of anilines is 1. The van der Waals surface area contributed by atoms with Crippen LogP contribution in [0.5, 0.6) is 0 Å². The summed E-state index contributed by atoms with van der Waals surface area (Å²) in [6, 6.07) is 6.52. The Balaban J connectivity index is 2.13. The highest BCUT2D eigenvalue weighted by molar-refractivity contribution is 7.10. The highest BCUT2D eigenvalue weighted by Crippen LogP contribution is 2.28. The molecule has 22 heavy (non-hydrogen) atoms. The summed E-state index contributed by atoms with van der Waals surface area (Å²) in [6.45, 7) is 1.79. The second kappa shape index (κ2) is 6.98.